The average molecular weight is 315 g/mol. The molecule has 110 valence electrons. The standard InChI is InChI=1S/C17H12ClFN2O/c1-10-8-13(12-4-2-3-5-16(12)20-10)17(22)21-11-6-7-15(19)14(18)9-11/h2-9H,1H3,(H,21,22). The van der Waals surface area contributed by atoms with Crippen LogP contribution in [0.3, 0.4) is 0 Å². The van der Waals surface area contributed by atoms with E-state index < -0.39 is 5.82 Å². The Balaban J connectivity index is 2.00. The van der Waals surface area contributed by atoms with E-state index in [1.807, 2.05) is 31.2 Å². The molecule has 2 aromatic carbocycles. The Morgan fingerprint density at radius 3 is 2.73 bits per heavy atom. The van der Waals surface area contributed by atoms with Crippen molar-refractivity contribution in [3.63, 3.8) is 0 Å². The number of carbonyl (C=O) groups is 1. The van der Waals surface area contributed by atoms with E-state index in [9.17, 15) is 9.18 Å². The molecule has 3 nitrogen and oxygen atoms in total. The molecule has 0 aliphatic carbocycles. The van der Waals surface area contributed by atoms with E-state index in [4.69, 9.17) is 11.6 Å². The van der Waals surface area contributed by atoms with Crippen molar-refractivity contribution in [3.05, 3.63) is 70.6 Å². The topological polar surface area (TPSA) is 42.0 Å². The predicted molar refractivity (Wildman–Crippen MR) is 85.8 cm³/mol. The molecule has 0 aliphatic heterocycles. The molecule has 0 saturated carbocycles. The van der Waals surface area contributed by atoms with Gasteiger partial charge in [-0.05, 0) is 37.3 Å². The minimum Gasteiger partial charge on any atom is -0.322 e. The maximum Gasteiger partial charge on any atom is 0.256 e. The van der Waals surface area contributed by atoms with Crippen LogP contribution < -0.4 is 5.32 Å². The van der Waals surface area contributed by atoms with E-state index in [-0.39, 0.29) is 10.9 Å². The average Bonchev–Trinajstić information content (AvgIpc) is 2.50. The van der Waals surface area contributed by atoms with E-state index in [0.717, 1.165) is 16.6 Å². The lowest BCUT2D eigenvalue weighted by Gasteiger charge is -2.09. The Morgan fingerprint density at radius 2 is 1.95 bits per heavy atom. The Kier molecular flexibility index (Phi) is 3.77. The molecular weight excluding hydrogens is 303 g/mol. The molecule has 0 atom stereocenters. The number of pyridine rings is 1. The lowest BCUT2D eigenvalue weighted by atomic mass is 10.1. The lowest BCUT2D eigenvalue weighted by Crippen LogP contribution is -2.13. The van der Waals surface area contributed by atoms with Crippen LogP contribution in [0, 0.1) is 12.7 Å². The first-order valence-electron chi connectivity index (χ1n) is 6.67. The summed E-state index contributed by atoms with van der Waals surface area (Å²) in [7, 11) is 0. The highest BCUT2D eigenvalue weighted by atomic mass is 35.5. The Labute approximate surface area is 131 Å². The molecule has 0 spiro atoms. The number of halogens is 2. The van der Waals surface area contributed by atoms with Gasteiger partial charge in [-0.1, -0.05) is 29.8 Å². The van der Waals surface area contributed by atoms with E-state index >= 15 is 0 Å². The summed E-state index contributed by atoms with van der Waals surface area (Å²) >= 11 is 5.73. The highest BCUT2D eigenvalue weighted by Gasteiger charge is 2.12. The fraction of sp³-hybridized carbons (Fsp3) is 0.0588. The minimum atomic E-state index is -0.523. The van der Waals surface area contributed by atoms with Gasteiger partial charge in [-0.15, -0.1) is 0 Å². The number of hydrogen-bond acceptors (Lipinski definition) is 2. The van der Waals surface area contributed by atoms with Crippen molar-refractivity contribution in [2.75, 3.05) is 5.32 Å². The first kappa shape index (κ1) is 14.5. The van der Waals surface area contributed by atoms with Gasteiger partial charge in [0, 0.05) is 16.8 Å². The van der Waals surface area contributed by atoms with Gasteiger partial charge in [0.05, 0.1) is 16.1 Å². The summed E-state index contributed by atoms with van der Waals surface area (Å²) in [5, 5.41) is 3.46. The van der Waals surface area contributed by atoms with Crippen molar-refractivity contribution < 1.29 is 9.18 Å². The highest BCUT2D eigenvalue weighted by molar-refractivity contribution is 6.31. The highest BCUT2D eigenvalue weighted by Crippen LogP contribution is 2.22. The van der Waals surface area contributed by atoms with E-state index in [0.29, 0.717) is 11.3 Å². The number of anilines is 1. The number of fused-ring (bicyclic) bond motifs is 1. The largest absolute Gasteiger partial charge is 0.322 e. The van der Waals surface area contributed by atoms with Crippen LogP contribution in [0.25, 0.3) is 10.9 Å². The van der Waals surface area contributed by atoms with Gasteiger partial charge in [0.1, 0.15) is 5.82 Å². The molecule has 0 unspecified atom stereocenters. The monoisotopic (exact) mass is 314 g/mol. The number of aryl methyl sites for hydroxylation is 1. The van der Waals surface area contributed by atoms with Crippen molar-refractivity contribution in [2.24, 2.45) is 0 Å². The Morgan fingerprint density at radius 1 is 1.18 bits per heavy atom. The number of benzene rings is 2. The predicted octanol–water partition coefficient (Wildman–Crippen LogP) is 4.59. The molecule has 0 saturated heterocycles. The number of nitrogens with zero attached hydrogens (tertiary/aromatic N) is 1. The smallest absolute Gasteiger partial charge is 0.256 e. The summed E-state index contributed by atoms with van der Waals surface area (Å²) in [6.45, 7) is 1.83. The zero-order valence-corrected chi connectivity index (χ0v) is 12.5. The third kappa shape index (κ3) is 2.78. The van der Waals surface area contributed by atoms with Crippen LogP contribution in [0.2, 0.25) is 5.02 Å². The van der Waals surface area contributed by atoms with Crippen LogP contribution >= 0.6 is 11.6 Å². The molecule has 1 N–H and O–H groups in total. The molecule has 22 heavy (non-hydrogen) atoms. The third-order valence-corrected chi connectivity index (χ3v) is 3.56. The zero-order chi connectivity index (χ0) is 15.7. The second-order valence-corrected chi connectivity index (χ2v) is 5.32. The second kappa shape index (κ2) is 5.73. The number of carbonyl (C=O) groups excluding carboxylic acids is 1. The second-order valence-electron chi connectivity index (χ2n) is 4.91. The van der Waals surface area contributed by atoms with Gasteiger partial charge in [-0.2, -0.15) is 0 Å². The summed E-state index contributed by atoms with van der Waals surface area (Å²) in [6.07, 6.45) is 0. The van der Waals surface area contributed by atoms with Gasteiger partial charge in [0.2, 0.25) is 0 Å². The van der Waals surface area contributed by atoms with Crippen molar-refractivity contribution >= 4 is 34.1 Å². The minimum absolute atomic E-state index is 0.0337. The van der Waals surface area contributed by atoms with Gasteiger partial charge < -0.3 is 5.32 Å². The zero-order valence-electron chi connectivity index (χ0n) is 11.7. The summed E-state index contributed by atoms with van der Waals surface area (Å²) in [5.74, 6) is -0.811. The first-order valence-corrected chi connectivity index (χ1v) is 7.05. The van der Waals surface area contributed by atoms with E-state index in [1.165, 1.54) is 18.2 Å². The summed E-state index contributed by atoms with van der Waals surface area (Å²) in [5.41, 5.74) is 2.46. The number of amides is 1. The van der Waals surface area contributed by atoms with Crippen LogP contribution in [0.1, 0.15) is 16.1 Å². The summed E-state index contributed by atoms with van der Waals surface area (Å²) < 4.78 is 13.2. The van der Waals surface area contributed by atoms with Crippen LogP contribution in [0.15, 0.2) is 48.5 Å². The molecule has 0 fully saturated rings. The van der Waals surface area contributed by atoms with Crippen molar-refractivity contribution in [1.82, 2.24) is 4.98 Å². The fourth-order valence-electron chi connectivity index (χ4n) is 2.27. The maximum atomic E-state index is 13.2. The molecular formula is C17H12ClFN2O. The van der Waals surface area contributed by atoms with Crippen LogP contribution in [-0.2, 0) is 0 Å². The molecule has 3 aromatic rings. The molecule has 1 heterocycles. The summed E-state index contributed by atoms with van der Waals surface area (Å²) in [6, 6.07) is 13.2. The third-order valence-electron chi connectivity index (χ3n) is 3.27. The van der Waals surface area contributed by atoms with E-state index in [2.05, 4.69) is 10.3 Å². The summed E-state index contributed by atoms with van der Waals surface area (Å²) in [4.78, 5) is 16.9. The quantitative estimate of drug-likeness (QED) is 0.751. The number of aromatic nitrogens is 1. The fourth-order valence-corrected chi connectivity index (χ4v) is 2.45. The van der Waals surface area contributed by atoms with Gasteiger partial charge >= 0.3 is 0 Å². The number of hydrogen-bond donors (Lipinski definition) is 1. The molecule has 1 amide bonds. The number of para-hydroxylation sites is 1. The normalized spacial score (nSPS) is 10.7. The molecule has 0 bridgehead atoms. The van der Waals surface area contributed by atoms with E-state index in [1.54, 1.807) is 6.07 Å². The van der Waals surface area contributed by atoms with Crippen molar-refractivity contribution in [2.45, 2.75) is 6.92 Å². The van der Waals surface area contributed by atoms with Crippen LogP contribution in [-0.4, -0.2) is 10.9 Å². The maximum absolute atomic E-state index is 13.2. The first-order chi connectivity index (χ1) is 10.5. The Hall–Kier alpha value is -2.46. The van der Waals surface area contributed by atoms with Gasteiger partial charge in [0.25, 0.3) is 5.91 Å². The SMILES string of the molecule is Cc1cc(C(=O)Nc2ccc(F)c(Cl)c2)c2ccccc2n1. The molecule has 0 radical (unpaired) electrons. The van der Waals surface area contributed by atoms with Gasteiger partial charge in [-0.25, -0.2) is 4.39 Å². The van der Waals surface area contributed by atoms with Crippen LogP contribution in [0.5, 0.6) is 0 Å². The lowest BCUT2D eigenvalue weighted by molar-refractivity contribution is 0.102. The molecule has 5 heteroatoms. The van der Waals surface area contributed by atoms with Gasteiger partial charge in [-0.3, -0.25) is 9.78 Å². The van der Waals surface area contributed by atoms with Crippen molar-refractivity contribution in [3.8, 4) is 0 Å². The number of rotatable bonds is 2. The molecule has 1 aromatic heterocycles. The van der Waals surface area contributed by atoms with Crippen LogP contribution in [0.4, 0.5) is 10.1 Å². The van der Waals surface area contributed by atoms with Crippen molar-refractivity contribution in [1.29, 1.82) is 0 Å². The Bertz CT molecular complexity index is 880. The number of nitrogens with one attached hydrogen (secondary N) is 1. The van der Waals surface area contributed by atoms with Gasteiger partial charge in [0.15, 0.2) is 0 Å². The molecule has 3 rings (SSSR count). The molecule has 0 aliphatic rings.